The Balaban J connectivity index is 1.75. The number of ether oxygens (including phenoxy) is 1. The molecule has 1 amide bonds. The lowest BCUT2D eigenvalue weighted by Crippen LogP contribution is -2.13. The number of anilines is 3. The molecule has 1 aromatic heterocycles. The molecule has 194 valence electrons. The Bertz CT molecular complexity index is 1480. The molecule has 4 rings (SSSR count). The lowest BCUT2D eigenvalue weighted by Gasteiger charge is -2.16. The average molecular weight is 587 g/mol. The second-order valence-electron chi connectivity index (χ2n) is 7.88. The van der Waals surface area contributed by atoms with Crippen LogP contribution in [-0.4, -0.2) is 22.6 Å². The number of fused-ring (bicyclic) bond motifs is 1. The van der Waals surface area contributed by atoms with Gasteiger partial charge in [0.05, 0.1) is 40.5 Å². The Morgan fingerprint density at radius 2 is 1.65 bits per heavy atom. The summed E-state index contributed by atoms with van der Waals surface area (Å²) < 4.78 is 87.6. The van der Waals surface area contributed by atoms with Gasteiger partial charge in [0, 0.05) is 23.3 Å². The van der Waals surface area contributed by atoms with Crippen LogP contribution in [0, 0.1) is 0 Å². The number of aryl methyl sites for hydroxylation is 1. The van der Waals surface area contributed by atoms with E-state index in [9.17, 15) is 31.1 Å². The van der Waals surface area contributed by atoms with Crippen LogP contribution in [0.15, 0.2) is 59.1 Å². The van der Waals surface area contributed by atoms with Crippen LogP contribution in [-0.2, 0) is 19.4 Å². The van der Waals surface area contributed by atoms with Crippen LogP contribution in [0.25, 0.3) is 11.0 Å². The zero-order chi connectivity index (χ0) is 27.1. The normalized spacial score (nSPS) is 12.0. The summed E-state index contributed by atoms with van der Waals surface area (Å²) in [5, 5.41) is 5.08. The van der Waals surface area contributed by atoms with Crippen molar-refractivity contribution < 1.29 is 35.9 Å². The number of rotatable bonds is 5. The van der Waals surface area contributed by atoms with E-state index in [-0.39, 0.29) is 22.8 Å². The lowest BCUT2D eigenvalue weighted by molar-refractivity contribution is -0.140. The van der Waals surface area contributed by atoms with E-state index in [1.807, 2.05) is 0 Å². The minimum absolute atomic E-state index is 0.0950. The fraction of sp³-hybridized carbons (Fsp3) is 0.167. The zero-order valence-corrected chi connectivity index (χ0v) is 20.6. The molecule has 0 aliphatic heterocycles. The van der Waals surface area contributed by atoms with Gasteiger partial charge in [0.15, 0.2) is 0 Å². The SMILES string of the molecule is COc1cc2c(cc1C(=O)Nc1ccc(Br)cc1)nc(Nc1cc(C(F)(F)F)ccc1C(F)(F)F)n2C. The van der Waals surface area contributed by atoms with Crippen molar-refractivity contribution in [3.63, 3.8) is 0 Å². The van der Waals surface area contributed by atoms with Crippen LogP contribution in [0.3, 0.4) is 0 Å². The fourth-order valence-electron chi connectivity index (χ4n) is 3.60. The van der Waals surface area contributed by atoms with Crippen molar-refractivity contribution in [1.29, 1.82) is 0 Å². The van der Waals surface area contributed by atoms with Crippen molar-refractivity contribution in [3.05, 3.63) is 75.8 Å². The number of hydrogen-bond donors (Lipinski definition) is 2. The summed E-state index contributed by atoms with van der Waals surface area (Å²) in [4.78, 5) is 17.1. The highest BCUT2D eigenvalue weighted by atomic mass is 79.9. The van der Waals surface area contributed by atoms with E-state index in [1.54, 1.807) is 24.3 Å². The highest BCUT2D eigenvalue weighted by Crippen LogP contribution is 2.40. The molecular formula is C24H17BrF6N4O2. The van der Waals surface area contributed by atoms with E-state index in [2.05, 4.69) is 31.5 Å². The fourth-order valence-corrected chi connectivity index (χ4v) is 3.86. The summed E-state index contributed by atoms with van der Waals surface area (Å²) in [5.41, 5.74) is -2.20. The Kier molecular flexibility index (Phi) is 6.84. The van der Waals surface area contributed by atoms with E-state index in [4.69, 9.17) is 4.74 Å². The molecule has 0 aliphatic carbocycles. The third-order valence-corrected chi connectivity index (χ3v) is 5.98. The van der Waals surface area contributed by atoms with Crippen molar-refractivity contribution in [1.82, 2.24) is 9.55 Å². The summed E-state index contributed by atoms with van der Waals surface area (Å²) in [6, 6.07) is 10.7. The molecule has 4 aromatic rings. The highest BCUT2D eigenvalue weighted by Gasteiger charge is 2.37. The standard InChI is InChI=1S/C24H17BrF6N4O2/c1-35-19-11-20(37-2)15(21(36)32-14-6-4-13(25)5-7-14)10-18(19)34-22(35)33-17-9-12(23(26,27)28)3-8-16(17)24(29,30)31/h3-11H,1-2H3,(H,32,36)(H,33,34). The predicted octanol–water partition coefficient (Wildman–Crippen LogP) is 7.38. The number of benzene rings is 3. The Hall–Kier alpha value is -3.74. The predicted molar refractivity (Wildman–Crippen MR) is 129 cm³/mol. The molecule has 1 heterocycles. The maximum absolute atomic E-state index is 13.5. The second-order valence-corrected chi connectivity index (χ2v) is 8.79. The molecule has 2 N–H and O–H groups in total. The first-order valence-electron chi connectivity index (χ1n) is 10.4. The number of alkyl halides is 6. The molecule has 0 bridgehead atoms. The summed E-state index contributed by atoms with van der Waals surface area (Å²) in [5.74, 6) is -0.544. The van der Waals surface area contributed by atoms with Gasteiger partial charge in [0.2, 0.25) is 5.95 Å². The number of carbonyl (C=O) groups excluding carboxylic acids is 1. The molecule has 0 fully saturated rings. The number of nitrogens with one attached hydrogen (secondary N) is 2. The first-order chi connectivity index (χ1) is 17.3. The zero-order valence-electron chi connectivity index (χ0n) is 19.1. The number of carbonyl (C=O) groups is 1. The smallest absolute Gasteiger partial charge is 0.418 e. The topological polar surface area (TPSA) is 68.2 Å². The molecule has 0 atom stereocenters. The van der Waals surface area contributed by atoms with Crippen LogP contribution in [0.4, 0.5) is 43.7 Å². The van der Waals surface area contributed by atoms with Gasteiger partial charge in [-0.25, -0.2) is 4.98 Å². The third kappa shape index (κ3) is 5.50. The minimum Gasteiger partial charge on any atom is -0.496 e. The molecule has 0 saturated heterocycles. The van der Waals surface area contributed by atoms with Crippen LogP contribution in [0.5, 0.6) is 5.75 Å². The number of methoxy groups -OCH3 is 1. The number of hydrogen-bond acceptors (Lipinski definition) is 4. The monoisotopic (exact) mass is 586 g/mol. The first-order valence-corrected chi connectivity index (χ1v) is 11.2. The van der Waals surface area contributed by atoms with E-state index in [0.717, 1.165) is 4.47 Å². The van der Waals surface area contributed by atoms with Gasteiger partial charge in [0.25, 0.3) is 5.91 Å². The summed E-state index contributed by atoms with van der Waals surface area (Å²) in [7, 11) is 2.80. The number of nitrogens with zero attached hydrogens (tertiary/aromatic N) is 2. The largest absolute Gasteiger partial charge is 0.496 e. The van der Waals surface area contributed by atoms with Crippen molar-refractivity contribution in [3.8, 4) is 5.75 Å². The average Bonchev–Trinajstić information content (AvgIpc) is 3.12. The van der Waals surface area contributed by atoms with Gasteiger partial charge in [-0.3, -0.25) is 4.79 Å². The van der Waals surface area contributed by atoms with Gasteiger partial charge in [0.1, 0.15) is 5.75 Å². The molecule has 0 aliphatic rings. The maximum atomic E-state index is 13.5. The molecule has 3 aromatic carbocycles. The number of aromatic nitrogens is 2. The van der Waals surface area contributed by atoms with Gasteiger partial charge in [-0.2, -0.15) is 26.3 Å². The van der Waals surface area contributed by atoms with E-state index in [1.165, 1.54) is 30.9 Å². The summed E-state index contributed by atoms with van der Waals surface area (Å²) >= 11 is 3.30. The van der Waals surface area contributed by atoms with Crippen molar-refractivity contribution >= 4 is 50.2 Å². The van der Waals surface area contributed by atoms with E-state index >= 15 is 0 Å². The van der Waals surface area contributed by atoms with E-state index in [0.29, 0.717) is 29.4 Å². The third-order valence-electron chi connectivity index (χ3n) is 5.45. The molecule has 13 heteroatoms. The first kappa shape index (κ1) is 26.3. The highest BCUT2D eigenvalue weighted by molar-refractivity contribution is 9.10. The Labute approximate surface area is 214 Å². The molecule has 0 unspecified atom stereocenters. The maximum Gasteiger partial charge on any atom is 0.418 e. The number of imidazole rings is 1. The van der Waals surface area contributed by atoms with Crippen molar-refractivity contribution in [2.45, 2.75) is 12.4 Å². The number of halogens is 7. The van der Waals surface area contributed by atoms with Crippen LogP contribution >= 0.6 is 15.9 Å². The second kappa shape index (κ2) is 9.61. The minimum atomic E-state index is -4.92. The number of amides is 1. The quantitative estimate of drug-likeness (QED) is 0.239. The van der Waals surface area contributed by atoms with Crippen LogP contribution in [0.2, 0.25) is 0 Å². The van der Waals surface area contributed by atoms with Gasteiger partial charge in [-0.15, -0.1) is 0 Å². The molecule has 37 heavy (non-hydrogen) atoms. The Morgan fingerprint density at radius 3 is 2.24 bits per heavy atom. The van der Waals surface area contributed by atoms with Gasteiger partial charge < -0.3 is 19.9 Å². The van der Waals surface area contributed by atoms with E-state index < -0.39 is 35.1 Å². The molecule has 0 saturated carbocycles. The van der Waals surface area contributed by atoms with Gasteiger partial charge in [-0.05, 0) is 48.5 Å². The van der Waals surface area contributed by atoms with Gasteiger partial charge >= 0.3 is 12.4 Å². The molecular weight excluding hydrogens is 570 g/mol. The summed E-state index contributed by atoms with van der Waals surface area (Å²) in [6.45, 7) is 0. The van der Waals surface area contributed by atoms with Crippen LogP contribution in [0.1, 0.15) is 21.5 Å². The van der Waals surface area contributed by atoms with Crippen molar-refractivity contribution in [2.24, 2.45) is 7.05 Å². The molecule has 6 nitrogen and oxygen atoms in total. The van der Waals surface area contributed by atoms with Crippen molar-refractivity contribution in [2.75, 3.05) is 17.7 Å². The van der Waals surface area contributed by atoms with Crippen LogP contribution < -0.4 is 15.4 Å². The molecule has 0 radical (unpaired) electrons. The lowest BCUT2D eigenvalue weighted by atomic mass is 10.1. The Morgan fingerprint density at radius 1 is 0.973 bits per heavy atom. The molecule has 0 spiro atoms. The summed E-state index contributed by atoms with van der Waals surface area (Å²) in [6.07, 6.45) is -9.77. The van der Waals surface area contributed by atoms with Gasteiger partial charge in [-0.1, -0.05) is 15.9 Å².